The molecular formula is C20H18F2N4. The largest absolute Gasteiger partial charge is 0.303 e. The lowest BCUT2D eigenvalue weighted by Crippen LogP contribution is -2.26. The summed E-state index contributed by atoms with van der Waals surface area (Å²) >= 11 is 0. The molecule has 1 atom stereocenters. The molecule has 0 aromatic carbocycles. The Kier molecular flexibility index (Phi) is 4.67. The maximum absolute atomic E-state index is 13.8. The number of halogens is 2. The lowest BCUT2D eigenvalue weighted by Gasteiger charge is -2.25. The number of hydrogen-bond acceptors (Lipinski definition) is 4. The van der Waals surface area contributed by atoms with E-state index in [1.54, 1.807) is 12.1 Å². The second-order valence-electron chi connectivity index (χ2n) is 6.39. The molecule has 0 bridgehead atoms. The van der Waals surface area contributed by atoms with Gasteiger partial charge in [-0.15, -0.1) is 0 Å². The molecule has 0 spiro atoms. The zero-order valence-electron chi connectivity index (χ0n) is 14.1. The van der Waals surface area contributed by atoms with Crippen LogP contribution < -0.4 is 5.32 Å². The van der Waals surface area contributed by atoms with E-state index < -0.39 is 11.6 Å². The fourth-order valence-electron chi connectivity index (χ4n) is 3.40. The van der Waals surface area contributed by atoms with Crippen molar-refractivity contribution in [1.82, 2.24) is 20.3 Å². The van der Waals surface area contributed by atoms with E-state index in [4.69, 9.17) is 0 Å². The molecule has 6 heteroatoms. The van der Waals surface area contributed by atoms with Crippen molar-refractivity contribution in [2.45, 2.75) is 31.8 Å². The van der Waals surface area contributed by atoms with Gasteiger partial charge in [0.15, 0.2) is 11.6 Å². The highest BCUT2D eigenvalue weighted by Gasteiger charge is 2.20. The van der Waals surface area contributed by atoms with Gasteiger partial charge in [-0.3, -0.25) is 15.0 Å². The van der Waals surface area contributed by atoms with Crippen molar-refractivity contribution < 1.29 is 8.78 Å². The van der Waals surface area contributed by atoms with Crippen LogP contribution in [0.15, 0.2) is 49.1 Å². The van der Waals surface area contributed by atoms with Crippen LogP contribution in [0.5, 0.6) is 0 Å². The molecule has 0 radical (unpaired) electrons. The number of nitrogens with one attached hydrogen (secondary N) is 1. The van der Waals surface area contributed by atoms with Crippen molar-refractivity contribution in [2.24, 2.45) is 0 Å². The molecule has 0 saturated heterocycles. The molecule has 4 rings (SSSR count). The molecule has 3 aromatic heterocycles. The van der Waals surface area contributed by atoms with E-state index in [1.165, 1.54) is 11.8 Å². The summed E-state index contributed by atoms with van der Waals surface area (Å²) in [6.45, 7) is 0.572. The second-order valence-corrected chi connectivity index (χ2v) is 6.39. The highest BCUT2D eigenvalue weighted by molar-refractivity contribution is 5.63. The Bertz CT molecular complexity index is 892. The van der Waals surface area contributed by atoms with Gasteiger partial charge in [0.25, 0.3) is 0 Å². The lowest BCUT2D eigenvalue weighted by atomic mass is 9.92. The lowest BCUT2D eigenvalue weighted by molar-refractivity contribution is 0.445. The SMILES string of the molecule is Fc1cncc(F)c1-c1ccc(CN[C@@H]2CCCc3cccnc32)nc1. The van der Waals surface area contributed by atoms with Crippen molar-refractivity contribution in [3.63, 3.8) is 0 Å². The third-order valence-electron chi connectivity index (χ3n) is 4.69. The Morgan fingerprint density at radius 1 is 1.04 bits per heavy atom. The number of hydrogen-bond donors (Lipinski definition) is 1. The van der Waals surface area contributed by atoms with E-state index >= 15 is 0 Å². The van der Waals surface area contributed by atoms with Gasteiger partial charge in [0.05, 0.1) is 35.4 Å². The minimum Gasteiger partial charge on any atom is -0.303 e. The Labute approximate surface area is 150 Å². The number of pyridine rings is 3. The quantitative estimate of drug-likeness (QED) is 0.772. The van der Waals surface area contributed by atoms with E-state index in [9.17, 15) is 8.78 Å². The van der Waals surface area contributed by atoms with Crippen LogP contribution >= 0.6 is 0 Å². The van der Waals surface area contributed by atoms with E-state index in [2.05, 4.69) is 26.3 Å². The molecule has 0 unspecified atom stereocenters. The molecule has 26 heavy (non-hydrogen) atoms. The van der Waals surface area contributed by atoms with Crippen molar-refractivity contribution >= 4 is 0 Å². The first-order valence-corrected chi connectivity index (χ1v) is 8.64. The first-order chi connectivity index (χ1) is 12.7. The van der Waals surface area contributed by atoms with Crippen molar-refractivity contribution in [1.29, 1.82) is 0 Å². The molecule has 132 valence electrons. The fourth-order valence-corrected chi connectivity index (χ4v) is 3.40. The van der Waals surface area contributed by atoms with Crippen molar-refractivity contribution in [3.05, 3.63) is 77.6 Å². The van der Waals surface area contributed by atoms with Gasteiger partial charge in [0.1, 0.15) is 0 Å². The van der Waals surface area contributed by atoms with Crippen LogP contribution in [0.25, 0.3) is 11.1 Å². The summed E-state index contributed by atoms with van der Waals surface area (Å²) in [5.74, 6) is -1.38. The summed E-state index contributed by atoms with van der Waals surface area (Å²) in [6, 6.07) is 7.76. The van der Waals surface area contributed by atoms with Crippen LogP contribution in [0.3, 0.4) is 0 Å². The molecule has 4 nitrogen and oxygen atoms in total. The summed E-state index contributed by atoms with van der Waals surface area (Å²) in [6.07, 6.45) is 8.55. The first-order valence-electron chi connectivity index (χ1n) is 8.64. The Morgan fingerprint density at radius 3 is 2.65 bits per heavy atom. The minimum absolute atomic E-state index is 0.0996. The fraction of sp³-hybridized carbons (Fsp3) is 0.250. The zero-order valence-corrected chi connectivity index (χ0v) is 14.1. The van der Waals surface area contributed by atoms with Crippen LogP contribution in [-0.2, 0) is 13.0 Å². The molecular weight excluding hydrogens is 334 g/mol. The third kappa shape index (κ3) is 3.32. The maximum Gasteiger partial charge on any atom is 0.152 e. The number of aryl methyl sites for hydroxylation is 1. The van der Waals surface area contributed by atoms with Gasteiger partial charge in [-0.2, -0.15) is 0 Å². The highest BCUT2D eigenvalue weighted by Crippen LogP contribution is 2.28. The molecule has 0 saturated carbocycles. The van der Waals surface area contributed by atoms with Crippen LogP contribution in [0.4, 0.5) is 8.78 Å². The number of fused-ring (bicyclic) bond motifs is 1. The smallest absolute Gasteiger partial charge is 0.152 e. The number of rotatable bonds is 4. The van der Waals surface area contributed by atoms with Crippen LogP contribution in [0.2, 0.25) is 0 Å². The van der Waals surface area contributed by atoms with Gasteiger partial charge in [-0.05, 0) is 37.0 Å². The molecule has 0 fully saturated rings. The average Bonchev–Trinajstić information content (AvgIpc) is 2.67. The zero-order chi connectivity index (χ0) is 17.9. The van der Waals surface area contributed by atoms with Gasteiger partial charge < -0.3 is 5.32 Å². The normalized spacial score (nSPS) is 16.3. The van der Waals surface area contributed by atoms with E-state index in [-0.39, 0.29) is 11.6 Å². The summed E-state index contributed by atoms with van der Waals surface area (Å²) in [7, 11) is 0. The van der Waals surface area contributed by atoms with Crippen molar-refractivity contribution in [3.8, 4) is 11.1 Å². The summed E-state index contributed by atoms with van der Waals surface area (Å²) in [5.41, 5.74) is 3.51. The standard InChI is InChI=1S/C20H18F2N4/c21-16-11-23-12-17(22)19(16)14-6-7-15(25-9-14)10-26-18-5-1-3-13-4-2-8-24-20(13)18/h2,4,6-9,11-12,18,26H,1,3,5,10H2/t18-/m1/s1. The van der Waals surface area contributed by atoms with Gasteiger partial charge >= 0.3 is 0 Å². The molecule has 1 aliphatic rings. The first kappa shape index (κ1) is 16.7. The average molecular weight is 352 g/mol. The molecule has 0 amide bonds. The molecule has 3 heterocycles. The minimum atomic E-state index is -0.692. The van der Waals surface area contributed by atoms with E-state index in [0.29, 0.717) is 12.1 Å². The Hall–Kier alpha value is -2.73. The molecule has 0 aliphatic heterocycles. The predicted octanol–water partition coefficient (Wildman–Crippen LogP) is 3.98. The van der Waals surface area contributed by atoms with Gasteiger partial charge in [0.2, 0.25) is 0 Å². The van der Waals surface area contributed by atoms with E-state index in [1.807, 2.05) is 12.3 Å². The molecule has 1 N–H and O–H groups in total. The van der Waals surface area contributed by atoms with Gasteiger partial charge in [0, 0.05) is 24.5 Å². The van der Waals surface area contributed by atoms with Crippen LogP contribution in [-0.4, -0.2) is 15.0 Å². The predicted molar refractivity (Wildman–Crippen MR) is 94.1 cm³/mol. The van der Waals surface area contributed by atoms with Gasteiger partial charge in [-0.1, -0.05) is 12.1 Å². The topological polar surface area (TPSA) is 50.7 Å². The molecule has 1 aliphatic carbocycles. The molecule has 3 aromatic rings. The Morgan fingerprint density at radius 2 is 1.88 bits per heavy atom. The third-order valence-corrected chi connectivity index (χ3v) is 4.69. The van der Waals surface area contributed by atoms with Crippen molar-refractivity contribution in [2.75, 3.05) is 0 Å². The second kappa shape index (κ2) is 7.25. The number of aromatic nitrogens is 3. The van der Waals surface area contributed by atoms with Crippen LogP contribution in [0.1, 0.15) is 35.8 Å². The summed E-state index contributed by atoms with van der Waals surface area (Å²) in [4.78, 5) is 12.4. The van der Waals surface area contributed by atoms with Gasteiger partial charge in [-0.25, -0.2) is 8.78 Å². The monoisotopic (exact) mass is 352 g/mol. The maximum atomic E-state index is 13.8. The van der Waals surface area contributed by atoms with E-state index in [0.717, 1.165) is 43.0 Å². The number of nitrogens with zero attached hydrogens (tertiary/aromatic N) is 3. The van der Waals surface area contributed by atoms with Crippen LogP contribution in [0, 0.1) is 11.6 Å². The summed E-state index contributed by atoms with van der Waals surface area (Å²) in [5, 5.41) is 3.49. The highest BCUT2D eigenvalue weighted by atomic mass is 19.1. The summed E-state index contributed by atoms with van der Waals surface area (Å²) < 4.78 is 27.6. The Balaban J connectivity index is 1.48.